The number of hydrogen-bond donors (Lipinski definition) is 0. The number of hydrogen-bond acceptors (Lipinski definition) is 6. The van der Waals surface area contributed by atoms with Gasteiger partial charge in [0.15, 0.2) is 0 Å². The molecule has 158 valence electrons. The summed E-state index contributed by atoms with van der Waals surface area (Å²) in [5.74, 6) is -1.70. The van der Waals surface area contributed by atoms with Gasteiger partial charge >= 0.3 is 11.9 Å². The molecule has 0 fully saturated rings. The average Bonchev–Trinajstić information content (AvgIpc) is 2.79. The lowest BCUT2D eigenvalue weighted by molar-refractivity contribution is -0.384. The van der Waals surface area contributed by atoms with Gasteiger partial charge in [-0.15, -0.1) is 0 Å². The van der Waals surface area contributed by atoms with Gasteiger partial charge in [-0.3, -0.25) is 19.7 Å². The molecule has 3 rings (SSSR count). The highest BCUT2D eigenvalue weighted by molar-refractivity contribution is 5.81. The maximum atomic E-state index is 12.8. The van der Waals surface area contributed by atoms with Crippen molar-refractivity contribution in [2.45, 2.75) is 19.4 Å². The molecule has 0 aliphatic carbocycles. The number of nitro groups is 1. The molecular formula is C24H21NO6. The largest absolute Gasteiger partial charge is 0.461 e. The van der Waals surface area contributed by atoms with E-state index in [1.165, 1.54) is 24.3 Å². The lowest BCUT2D eigenvalue weighted by Crippen LogP contribution is -2.26. The highest BCUT2D eigenvalue weighted by Gasteiger charge is 2.25. The van der Waals surface area contributed by atoms with Crippen LogP contribution < -0.4 is 4.74 Å². The molecule has 0 N–H and O–H groups in total. The summed E-state index contributed by atoms with van der Waals surface area (Å²) in [5.41, 5.74) is 1.62. The first-order valence-corrected chi connectivity index (χ1v) is 9.71. The van der Waals surface area contributed by atoms with E-state index in [-0.39, 0.29) is 24.5 Å². The van der Waals surface area contributed by atoms with E-state index < -0.39 is 22.8 Å². The molecule has 0 aliphatic rings. The summed E-state index contributed by atoms with van der Waals surface area (Å²) < 4.78 is 10.7. The van der Waals surface area contributed by atoms with Gasteiger partial charge in [0, 0.05) is 12.1 Å². The van der Waals surface area contributed by atoms with E-state index in [1.807, 2.05) is 60.7 Å². The first-order chi connectivity index (χ1) is 15.0. The monoisotopic (exact) mass is 419 g/mol. The van der Waals surface area contributed by atoms with Gasteiger partial charge in [-0.2, -0.15) is 0 Å². The predicted octanol–water partition coefficient (Wildman–Crippen LogP) is 4.49. The maximum absolute atomic E-state index is 12.8. The minimum absolute atomic E-state index is 0.106. The highest BCUT2D eigenvalue weighted by atomic mass is 16.6. The van der Waals surface area contributed by atoms with Gasteiger partial charge in [0.25, 0.3) is 5.69 Å². The average molecular weight is 419 g/mol. The Hall–Kier alpha value is -4.00. The number of benzene rings is 3. The number of non-ortho nitro benzene ring substituents is 1. The van der Waals surface area contributed by atoms with Crippen molar-refractivity contribution in [1.29, 1.82) is 0 Å². The zero-order chi connectivity index (χ0) is 22.1. The second kappa shape index (κ2) is 10.7. The van der Waals surface area contributed by atoms with Crippen LogP contribution in [0.4, 0.5) is 5.69 Å². The summed E-state index contributed by atoms with van der Waals surface area (Å²) in [6.07, 6.45) is 0.153. The highest BCUT2D eigenvalue weighted by Crippen LogP contribution is 2.21. The quantitative estimate of drug-likeness (QED) is 0.219. The third kappa shape index (κ3) is 6.78. The number of nitrogens with zero attached hydrogens (tertiary/aromatic N) is 1. The van der Waals surface area contributed by atoms with Crippen LogP contribution in [0.5, 0.6) is 5.75 Å². The van der Waals surface area contributed by atoms with Gasteiger partial charge in [-0.25, -0.2) is 0 Å². The van der Waals surface area contributed by atoms with E-state index in [1.54, 1.807) is 0 Å². The maximum Gasteiger partial charge on any atom is 0.315 e. The fraction of sp³-hybridized carbons (Fsp3) is 0.167. The summed E-state index contributed by atoms with van der Waals surface area (Å²) in [6.45, 7) is 0.120. The van der Waals surface area contributed by atoms with E-state index in [4.69, 9.17) is 9.47 Å². The van der Waals surface area contributed by atoms with Crippen LogP contribution in [0.25, 0.3) is 0 Å². The fourth-order valence-corrected chi connectivity index (χ4v) is 2.97. The Labute approximate surface area is 179 Å². The molecule has 0 saturated heterocycles. The Kier molecular flexibility index (Phi) is 7.48. The molecule has 0 spiro atoms. The molecule has 3 aromatic rings. The van der Waals surface area contributed by atoms with E-state index in [9.17, 15) is 19.7 Å². The zero-order valence-corrected chi connectivity index (χ0v) is 16.7. The number of nitro benzene ring substituents is 1. The number of rotatable bonds is 9. The molecule has 0 aliphatic heterocycles. The van der Waals surface area contributed by atoms with Crippen LogP contribution in [0.3, 0.4) is 0 Å². The van der Waals surface area contributed by atoms with Crippen molar-refractivity contribution in [2.75, 3.05) is 0 Å². The van der Waals surface area contributed by atoms with Crippen LogP contribution in [0.15, 0.2) is 84.9 Å². The van der Waals surface area contributed by atoms with Crippen molar-refractivity contribution >= 4 is 17.6 Å². The minimum Gasteiger partial charge on any atom is -0.461 e. The molecule has 7 nitrogen and oxygen atoms in total. The molecule has 31 heavy (non-hydrogen) atoms. The molecule has 0 aromatic heterocycles. The Morgan fingerprint density at radius 2 is 1.42 bits per heavy atom. The third-order valence-electron chi connectivity index (χ3n) is 4.58. The topological polar surface area (TPSA) is 95.7 Å². The van der Waals surface area contributed by atoms with Gasteiger partial charge in [-0.1, -0.05) is 60.7 Å². The Morgan fingerprint density at radius 3 is 2.00 bits per heavy atom. The standard InChI is InChI=1S/C24H21NO6/c26-23(30-17-19-9-5-2-6-10-19)16-20(15-18-7-3-1-4-8-18)24(27)31-22-13-11-21(12-14-22)25(28)29/h1-14,20H,15-17H2. The van der Waals surface area contributed by atoms with Crippen LogP contribution >= 0.6 is 0 Å². The van der Waals surface area contributed by atoms with Crippen molar-refractivity contribution in [2.24, 2.45) is 5.92 Å². The smallest absolute Gasteiger partial charge is 0.315 e. The minimum atomic E-state index is -0.763. The Balaban J connectivity index is 1.66. The lowest BCUT2D eigenvalue weighted by atomic mass is 9.96. The SMILES string of the molecule is O=C(CC(Cc1ccccc1)C(=O)Oc1ccc([N+](=O)[O-])cc1)OCc1ccccc1. The Bertz CT molecular complexity index is 1020. The van der Waals surface area contributed by atoms with E-state index in [0.29, 0.717) is 6.42 Å². The molecule has 1 unspecified atom stereocenters. The van der Waals surface area contributed by atoms with Gasteiger partial charge in [0.05, 0.1) is 17.3 Å². The van der Waals surface area contributed by atoms with Crippen molar-refractivity contribution < 1.29 is 24.0 Å². The molecule has 0 saturated carbocycles. The first-order valence-electron chi connectivity index (χ1n) is 9.71. The number of ether oxygens (including phenoxy) is 2. The van der Waals surface area contributed by atoms with E-state index in [0.717, 1.165) is 11.1 Å². The van der Waals surface area contributed by atoms with Crippen molar-refractivity contribution in [3.05, 3.63) is 106 Å². The van der Waals surface area contributed by atoms with Gasteiger partial charge in [-0.05, 0) is 29.7 Å². The second-order valence-electron chi connectivity index (χ2n) is 6.91. The van der Waals surface area contributed by atoms with Crippen LogP contribution in [0.2, 0.25) is 0 Å². The summed E-state index contributed by atoms with van der Waals surface area (Å²) in [4.78, 5) is 35.4. The second-order valence-corrected chi connectivity index (χ2v) is 6.91. The zero-order valence-electron chi connectivity index (χ0n) is 16.7. The van der Waals surface area contributed by atoms with E-state index >= 15 is 0 Å². The van der Waals surface area contributed by atoms with Crippen LogP contribution in [-0.4, -0.2) is 16.9 Å². The fourth-order valence-electron chi connectivity index (χ4n) is 2.97. The van der Waals surface area contributed by atoms with Crippen molar-refractivity contribution in [3.63, 3.8) is 0 Å². The molecule has 0 radical (unpaired) electrons. The lowest BCUT2D eigenvalue weighted by Gasteiger charge is -2.16. The van der Waals surface area contributed by atoms with Crippen LogP contribution in [-0.2, 0) is 27.4 Å². The number of esters is 2. The molecular weight excluding hydrogens is 398 g/mol. The van der Waals surface area contributed by atoms with Crippen LogP contribution in [0, 0.1) is 16.0 Å². The molecule has 0 heterocycles. The first kappa shape index (κ1) is 21.7. The van der Waals surface area contributed by atoms with Crippen LogP contribution in [0.1, 0.15) is 17.5 Å². The van der Waals surface area contributed by atoms with Crippen molar-refractivity contribution in [3.8, 4) is 5.75 Å². The summed E-state index contributed by atoms with van der Waals surface area (Å²) in [5, 5.41) is 10.8. The normalized spacial score (nSPS) is 11.4. The number of carbonyl (C=O) groups is 2. The predicted molar refractivity (Wildman–Crippen MR) is 113 cm³/mol. The molecule has 0 amide bonds. The molecule has 7 heteroatoms. The van der Waals surface area contributed by atoms with Gasteiger partial charge in [0.2, 0.25) is 0 Å². The van der Waals surface area contributed by atoms with Crippen molar-refractivity contribution in [1.82, 2.24) is 0 Å². The molecule has 3 aromatic carbocycles. The summed E-state index contributed by atoms with van der Waals surface area (Å²) >= 11 is 0. The van der Waals surface area contributed by atoms with Gasteiger partial charge in [0.1, 0.15) is 12.4 Å². The van der Waals surface area contributed by atoms with Gasteiger partial charge < -0.3 is 9.47 Å². The van der Waals surface area contributed by atoms with E-state index in [2.05, 4.69) is 0 Å². The summed E-state index contributed by atoms with van der Waals surface area (Å²) in [7, 11) is 0. The Morgan fingerprint density at radius 1 is 0.839 bits per heavy atom. The molecule has 1 atom stereocenters. The third-order valence-corrected chi connectivity index (χ3v) is 4.58. The number of carbonyl (C=O) groups excluding carboxylic acids is 2. The summed E-state index contributed by atoms with van der Waals surface area (Å²) in [6, 6.07) is 23.8. The molecule has 0 bridgehead atoms.